The fourth-order valence-corrected chi connectivity index (χ4v) is 23.1. The zero-order chi connectivity index (χ0) is 16.8. The first-order chi connectivity index (χ1) is 11.2. The summed E-state index contributed by atoms with van der Waals surface area (Å²) >= 11 is 0. The van der Waals surface area contributed by atoms with Crippen molar-refractivity contribution in [3.05, 3.63) is 30.3 Å². The van der Waals surface area contributed by atoms with Crippen LogP contribution in [0.1, 0.15) is 53.4 Å². The van der Waals surface area contributed by atoms with Crippen molar-refractivity contribution in [1.82, 2.24) is 0 Å². The van der Waals surface area contributed by atoms with Gasteiger partial charge in [-0.2, -0.15) is 0 Å². The smallest absolute Gasteiger partial charge is 0.147 e. The molecule has 0 spiro atoms. The molecule has 0 aliphatic carbocycles. The third kappa shape index (κ3) is 3.76. The quantitative estimate of drug-likeness (QED) is 0.433. The Bertz CT molecular complexity index is 424. The molecule has 0 amide bonds. The van der Waals surface area contributed by atoms with E-state index in [0.29, 0.717) is 0 Å². The summed E-state index contributed by atoms with van der Waals surface area (Å²) in [6, 6.07) is 20.8. The van der Waals surface area contributed by atoms with Crippen LogP contribution in [-0.2, 0) is 0 Å². The van der Waals surface area contributed by atoms with Gasteiger partial charge in [0, 0.05) is 5.69 Å². The minimum absolute atomic E-state index is 1.32. The van der Waals surface area contributed by atoms with Gasteiger partial charge in [-0.3, -0.25) is 0 Å². The maximum Gasteiger partial charge on any atom is 0.147 e. The first-order valence-electron chi connectivity index (χ1n) is 10.0. The van der Waals surface area contributed by atoms with Crippen molar-refractivity contribution in [2.45, 2.75) is 89.6 Å². The number of hydrogen-bond acceptors (Lipinski definition) is 1. The molecule has 1 fully saturated rings. The lowest BCUT2D eigenvalue weighted by Crippen LogP contribution is -2.61. The molecule has 1 nitrogen and oxygen atoms in total. The molecule has 0 aromatic heterocycles. The van der Waals surface area contributed by atoms with Crippen LogP contribution < -0.4 is 4.23 Å². The fourth-order valence-electron chi connectivity index (χ4n) is 5.38. The second-order valence-electron chi connectivity index (χ2n) is 7.62. The normalized spacial score (nSPS) is 19.2. The lowest BCUT2D eigenvalue weighted by Gasteiger charge is -2.48. The van der Waals surface area contributed by atoms with Crippen LogP contribution in [0.2, 0.25) is 36.3 Å². The maximum atomic E-state index is 3.19. The van der Waals surface area contributed by atoms with Gasteiger partial charge >= 0.3 is 0 Å². The predicted octanol–water partition coefficient (Wildman–Crippen LogP) is 7.04. The molecule has 1 aliphatic heterocycles. The zero-order valence-electron chi connectivity index (χ0n) is 15.9. The molecular formula is C20H37NSi2. The molecule has 0 saturated carbocycles. The molecule has 1 aromatic rings. The minimum Gasteiger partial charge on any atom is -0.423 e. The molecule has 0 bridgehead atoms. The van der Waals surface area contributed by atoms with E-state index in [1.54, 1.807) is 17.8 Å². The van der Waals surface area contributed by atoms with Crippen molar-refractivity contribution in [3.8, 4) is 0 Å². The molecule has 0 N–H and O–H groups in total. The number of anilines is 1. The lowest BCUT2D eigenvalue weighted by atomic mass is 10.3. The van der Waals surface area contributed by atoms with E-state index >= 15 is 0 Å². The van der Waals surface area contributed by atoms with Crippen LogP contribution in [0.5, 0.6) is 0 Å². The Hall–Kier alpha value is -0.546. The summed E-state index contributed by atoms with van der Waals surface area (Å²) < 4.78 is 3.19. The summed E-state index contributed by atoms with van der Waals surface area (Å²) in [6.45, 7) is 9.65. The molecule has 0 radical (unpaired) electrons. The van der Waals surface area contributed by atoms with Crippen LogP contribution >= 0.6 is 0 Å². The van der Waals surface area contributed by atoms with Crippen LogP contribution in [0.3, 0.4) is 0 Å². The first-order valence-corrected chi connectivity index (χ1v) is 15.2. The summed E-state index contributed by atoms with van der Waals surface area (Å²) in [5.41, 5.74) is 1.59. The molecular weight excluding hydrogens is 310 g/mol. The summed E-state index contributed by atoms with van der Waals surface area (Å²) in [5, 5.41) is 0. The van der Waals surface area contributed by atoms with Crippen molar-refractivity contribution in [1.29, 1.82) is 0 Å². The molecule has 2 rings (SSSR count). The third-order valence-electron chi connectivity index (χ3n) is 5.88. The topological polar surface area (TPSA) is 3.24 Å². The molecule has 0 unspecified atom stereocenters. The standard InChI is InChI=1S/C20H37NSi2/c1-5-14-22(15-6-2)18-19-23(16-7-3,17-8-4)21(22)20-12-10-9-11-13-20/h9-13H,5-8,14-19H2,1-4H3. The van der Waals surface area contributed by atoms with Crippen LogP contribution in [-0.4, -0.2) is 16.5 Å². The number of nitrogens with zero attached hydrogens (tertiary/aromatic N) is 1. The average molecular weight is 348 g/mol. The number of rotatable bonds is 9. The van der Waals surface area contributed by atoms with E-state index in [1.165, 1.54) is 49.9 Å². The van der Waals surface area contributed by atoms with Gasteiger partial charge in [0.2, 0.25) is 0 Å². The summed E-state index contributed by atoms with van der Waals surface area (Å²) in [5.74, 6) is 0. The van der Waals surface area contributed by atoms with Gasteiger partial charge in [-0.25, -0.2) is 0 Å². The van der Waals surface area contributed by atoms with Crippen molar-refractivity contribution in [2.24, 2.45) is 0 Å². The van der Waals surface area contributed by atoms with Crippen molar-refractivity contribution < 1.29 is 0 Å². The Morgan fingerprint density at radius 3 is 1.43 bits per heavy atom. The van der Waals surface area contributed by atoms with Gasteiger partial charge in [0.25, 0.3) is 0 Å². The highest BCUT2D eigenvalue weighted by Gasteiger charge is 2.55. The first kappa shape index (κ1) is 18.8. The van der Waals surface area contributed by atoms with Gasteiger partial charge in [0.15, 0.2) is 0 Å². The van der Waals surface area contributed by atoms with Gasteiger partial charge in [0.05, 0.1) is 0 Å². The maximum absolute atomic E-state index is 3.19. The summed E-state index contributed by atoms with van der Waals surface area (Å²) in [7, 11) is -2.63. The fraction of sp³-hybridized carbons (Fsp3) is 0.700. The minimum atomic E-state index is -1.32. The van der Waals surface area contributed by atoms with Gasteiger partial charge in [-0.15, -0.1) is 0 Å². The molecule has 1 aromatic carbocycles. The molecule has 23 heavy (non-hydrogen) atoms. The number of benzene rings is 1. The highest BCUT2D eigenvalue weighted by Crippen LogP contribution is 2.49. The summed E-state index contributed by atoms with van der Waals surface area (Å²) in [6.07, 6.45) is 5.49. The van der Waals surface area contributed by atoms with Gasteiger partial charge in [0.1, 0.15) is 16.5 Å². The second kappa shape index (κ2) is 8.52. The molecule has 1 saturated heterocycles. The molecule has 130 valence electrons. The predicted molar refractivity (Wildman–Crippen MR) is 110 cm³/mol. The van der Waals surface area contributed by atoms with Crippen LogP contribution in [0, 0.1) is 0 Å². The largest absolute Gasteiger partial charge is 0.423 e. The van der Waals surface area contributed by atoms with Crippen LogP contribution in [0.15, 0.2) is 30.3 Å². The molecule has 1 heterocycles. The van der Waals surface area contributed by atoms with Crippen molar-refractivity contribution in [3.63, 3.8) is 0 Å². The Balaban J connectivity index is 2.51. The molecule has 3 heteroatoms. The Morgan fingerprint density at radius 1 is 0.696 bits per heavy atom. The van der Waals surface area contributed by atoms with Crippen molar-refractivity contribution >= 4 is 22.2 Å². The van der Waals surface area contributed by atoms with Gasteiger partial charge in [-0.1, -0.05) is 71.6 Å². The van der Waals surface area contributed by atoms with Crippen LogP contribution in [0.4, 0.5) is 5.69 Å². The van der Waals surface area contributed by atoms with E-state index < -0.39 is 16.5 Å². The lowest BCUT2D eigenvalue weighted by molar-refractivity contribution is 0.949. The Labute approximate surface area is 146 Å². The monoisotopic (exact) mass is 347 g/mol. The molecule has 0 atom stereocenters. The van der Waals surface area contributed by atoms with E-state index in [0.717, 1.165) is 0 Å². The number of hydrogen-bond donors (Lipinski definition) is 0. The van der Waals surface area contributed by atoms with Gasteiger partial charge < -0.3 is 4.23 Å². The van der Waals surface area contributed by atoms with E-state index in [-0.39, 0.29) is 0 Å². The third-order valence-corrected chi connectivity index (χ3v) is 19.7. The Kier molecular flexibility index (Phi) is 6.96. The number of para-hydroxylation sites is 1. The second-order valence-corrected chi connectivity index (χ2v) is 16.9. The summed E-state index contributed by atoms with van der Waals surface area (Å²) in [4.78, 5) is 0. The average Bonchev–Trinajstić information content (AvgIpc) is 2.84. The Morgan fingerprint density at radius 2 is 1.09 bits per heavy atom. The zero-order valence-corrected chi connectivity index (χ0v) is 17.9. The molecule has 1 aliphatic rings. The van der Waals surface area contributed by atoms with E-state index in [2.05, 4.69) is 62.3 Å². The van der Waals surface area contributed by atoms with E-state index in [1.807, 2.05) is 0 Å². The van der Waals surface area contributed by atoms with E-state index in [9.17, 15) is 0 Å². The van der Waals surface area contributed by atoms with Crippen LogP contribution in [0.25, 0.3) is 0 Å². The van der Waals surface area contributed by atoms with E-state index in [4.69, 9.17) is 0 Å². The van der Waals surface area contributed by atoms with Gasteiger partial charge in [-0.05, 0) is 48.4 Å². The highest BCUT2D eigenvalue weighted by atomic mass is 28.4. The van der Waals surface area contributed by atoms with Crippen molar-refractivity contribution in [2.75, 3.05) is 4.23 Å². The highest BCUT2D eigenvalue weighted by molar-refractivity contribution is 7.06. The SMILES string of the molecule is CCC[Si]1(CCC)CC[Si](CCC)(CCC)N1c1ccccc1.